The van der Waals surface area contributed by atoms with Crippen molar-refractivity contribution >= 4 is 24.8 Å². The number of phenolic OH excluding ortho intramolecular Hbond substituents is 1. The van der Waals surface area contributed by atoms with E-state index in [2.05, 4.69) is 10.2 Å². The molecule has 2 N–H and O–H groups in total. The SMILES string of the molecule is Cl.Cl.Oc1ccc([C@@H](C2CCCCC2)N2CCNCC2)c(F)c1. The molecule has 0 aromatic heterocycles. The second-order valence-electron chi connectivity index (χ2n) is 6.33. The third-order valence-electron chi connectivity index (χ3n) is 4.94. The fourth-order valence-corrected chi connectivity index (χ4v) is 3.91. The minimum atomic E-state index is -0.260. The highest BCUT2D eigenvalue weighted by molar-refractivity contribution is 5.85. The number of phenols is 1. The van der Waals surface area contributed by atoms with Crippen LogP contribution in [0.5, 0.6) is 5.75 Å². The molecule has 0 radical (unpaired) electrons. The maximum Gasteiger partial charge on any atom is 0.131 e. The van der Waals surface area contributed by atoms with Gasteiger partial charge in [0.1, 0.15) is 11.6 Å². The molecule has 1 saturated heterocycles. The summed E-state index contributed by atoms with van der Waals surface area (Å²) in [5.74, 6) is 0.291. The van der Waals surface area contributed by atoms with E-state index in [1.54, 1.807) is 12.1 Å². The average molecular weight is 365 g/mol. The highest BCUT2D eigenvalue weighted by atomic mass is 35.5. The van der Waals surface area contributed by atoms with E-state index in [1.165, 1.54) is 38.2 Å². The van der Waals surface area contributed by atoms with E-state index in [9.17, 15) is 9.50 Å². The first-order valence-electron chi connectivity index (χ1n) is 8.19. The van der Waals surface area contributed by atoms with Crippen LogP contribution in [0.15, 0.2) is 18.2 Å². The Morgan fingerprint density at radius 2 is 1.74 bits per heavy atom. The highest BCUT2D eigenvalue weighted by Gasteiger charge is 2.32. The van der Waals surface area contributed by atoms with Crippen LogP contribution in [-0.2, 0) is 0 Å². The fraction of sp³-hybridized carbons (Fsp3) is 0.647. The van der Waals surface area contributed by atoms with E-state index >= 15 is 0 Å². The van der Waals surface area contributed by atoms with Crippen LogP contribution >= 0.6 is 24.8 Å². The van der Waals surface area contributed by atoms with Gasteiger partial charge in [0.25, 0.3) is 0 Å². The number of benzene rings is 1. The van der Waals surface area contributed by atoms with Crippen LogP contribution < -0.4 is 5.32 Å². The topological polar surface area (TPSA) is 35.5 Å². The molecule has 1 saturated carbocycles. The molecule has 1 aromatic rings. The molecule has 0 amide bonds. The summed E-state index contributed by atoms with van der Waals surface area (Å²) in [6.45, 7) is 3.90. The van der Waals surface area contributed by atoms with Crippen molar-refractivity contribution in [2.45, 2.75) is 38.1 Å². The van der Waals surface area contributed by atoms with E-state index in [4.69, 9.17) is 0 Å². The van der Waals surface area contributed by atoms with Crippen molar-refractivity contribution in [3.63, 3.8) is 0 Å². The van der Waals surface area contributed by atoms with Gasteiger partial charge in [0, 0.05) is 43.9 Å². The average Bonchev–Trinajstić information content (AvgIpc) is 2.52. The molecule has 1 aromatic carbocycles. The van der Waals surface area contributed by atoms with Crippen LogP contribution in [0, 0.1) is 11.7 Å². The lowest BCUT2D eigenvalue weighted by Crippen LogP contribution is -2.47. The van der Waals surface area contributed by atoms with Gasteiger partial charge in [-0.3, -0.25) is 4.90 Å². The fourth-order valence-electron chi connectivity index (χ4n) is 3.91. The van der Waals surface area contributed by atoms with Crippen molar-refractivity contribution in [3.8, 4) is 5.75 Å². The minimum Gasteiger partial charge on any atom is -0.508 e. The Morgan fingerprint density at radius 1 is 1.09 bits per heavy atom. The van der Waals surface area contributed by atoms with Crippen molar-refractivity contribution in [3.05, 3.63) is 29.6 Å². The first-order valence-corrected chi connectivity index (χ1v) is 8.19. The number of hydrogen-bond donors (Lipinski definition) is 2. The van der Waals surface area contributed by atoms with Crippen LogP contribution in [0.4, 0.5) is 4.39 Å². The molecule has 0 bridgehead atoms. The molecule has 3 nitrogen and oxygen atoms in total. The number of rotatable bonds is 3. The Labute approximate surface area is 150 Å². The Balaban J connectivity index is 0.00000132. The minimum absolute atomic E-state index is 0. The van der Waals surface area contributed by atoms with Crippen LogP contribution in [0.1, 0.15) is 43.7 Å². The Hall–Kier alpha value is -0.550. The lowest BCUT2D eigenvalue weighted by atomic mass is 9.80. The van der Waals surface area contributed by atoms with E-state index in [0.29, 0.717) is 5.92 Å². The van der Waals surface area contributed by atoms with Gasteiger partial charge in [-0.25, -0.2) is 4.39 Å². The molecule has 6 heteroatoms. The third-order valence-corrected chi connectivity index (χ3v) is 4.94. The van der Waals surface area contributed by atoms with Gasteiger partial charge in [-0.2, -0.15) is 0 Å². The monoisotopic (exact) mass is 364 g/mol. The molecular weight excluding hydrogens is 338 g/mol. The number of halogens is 3. The molecule has 23 heavy (non-hydrogen) atoms. The molecule has 132 valence electrons. The maximum absolute atomic E-state index is 14.4. The predicted molar refractivity (Wildman–Crippen MR) is 96.3 cm³/mol. The van der Waals surface area contributed by atoms with Gasteiger partial charge in [0.15, 0.2) is 0 Å². The first kappa shape index (κ1) is 20.5. The van der Waals surface area contributed by atoms with Crippen molar-refractivity contribution in [2.75, 3.05) is 26.2 Å². The number of piperazine rings is 1. The molecule has 2 fully saturated rings. The maximum atomic E-state index is 14.4. The Bertz CT molecular complexity index is 460. The highest BCUT2D eigenvalue weighted by Crippen LogP contribution is 2.39. The van der Waals surface area contributed by atoms with Crippen molar-refractivity contribution < 1.29 is 9.50 Å². The Kier molecular flexibility index (Phi) is 8.62. The first-order chi connectivity index (χ1) is 10.3. The molecular formula is C17H27Cl2FN2O. The van der Waals surface area contributed by atoms with E-state index in [-0.39, 0.29) is 42.4 Å². The summed E-state index contributed by atoms with van der Waals surface area (Å²) in [5.41, 5.74) is 0.765. The van der Waals surface area contributed by atoms with Crippen molar-refractivity contribution in [1.29, 1.82) is 0 Å². The summed E-state index contributed by atoms with van der Waals surface area (Å²) >= 11 is 0. The summed E-state index contributed by atoms with van der Waals surface area (Å²) in [4.78, 5) is 2.43. The summed E-state index contributed by atoms with van der Waals surface area (Å²) in [5, 5.41) is 12.8. The zero-order valence-corrected chi connectivity index (χ0v) is 15.0. The summed E-state index contributed by atoms with van der Waals surface area (Å²) in [6.07, 6.45) is 6.20. The molecule has 0 spiro atoms. The smallest absolute Gasteiger partial charge is 0.131 e. The molecule has 3 rings (SSSR count). The van der Waals surface area contributed by atoms with Gasteiger partial charge < -0.3 is 10.4 Å². The lowest BCUT2D eigenvalue weighted by Gasteiger charge is -2.41. The molecule has 0 unspecified atom stereocenters. The van der Waals surface area contributed by atoms with Gasteiger partial charge >= 0.3 is 0 Å². The van der Waals surface area contributed by atoms with Crippen LogP contribution in [0.3, 0.4) is 0 Å². The van der Waals surface area contributed by atoms with Gasteiger partial charge in [0.05, 0.1) is 0 Å². The second-order valence-corrected chi connectivity index (χ2v) is 6.33. The number of nitrogens with zero attached hydrogens (tertiary/aromatic N) is 1. The predicted octanol–water partition coefficient (Wildman–Crippen LogP) is 3.90. The quantitative estimate of drug-likeness (QED) is 0.853. The molecule has 1 aliphatic carbocycles. The van der Waals surface area contributed by atoms with Crippen molar-refractivity contribution in [1.82, 2.24) is 10.2 Å². The summed E-state index contributed by atoms with van der Waals surface area (Å²) in [7, 11) is 0. The zero-order valence-electron chi connectivity index (χ0n) is 13.3. The van der Waals surface area contributed by atoms with Gasteiger partial charge in [-0.1, -0.05) is 25.3 Å². The summed E-state index contributed by atoms with van der Waals surface area (Å²) < 4.78 is 14.4. The van der Waals surface area contributed by atoms with Gasteiger partial charge in [-0.05, 0) is 24.8 Å². The van der Waals surface area contributed by atoms with Crippen LogP contribution in [0.25, 0.3) is 0 Å². The Morgan fingerprint density at radius 3 is 2.35 bits per heavy atom. The van der Waals surface area contributed by atoms with E-state index < -0.39 is 0 Å². The summed E-state index contributed by atoms with van der Waals surface area (Å²) in [6, 6.07) is 4.82. The second kappa shape index (κ2) is 9.67. The third kappa shape index (κ3) is 4.96. The van der Waals surface area contributed by atoms with Crippen LogP contribution in [-0.4, -0.2) is 36.2 Å². The molecule has 1 aliphatic heterocycles. The normalized spacial score (nSPS) is 21.1. The van der Waals surface area contributed by atoms with E-state index in [0.717, 1.165) is 31.7 Å². The number of aromatic hydroxyl groups is 1. The van der Waals surface area contributed by atoms with Crippen molar-refractivity contribution in [2.24, 2.45) is 5.92 Å². The number of nitrogens with one attached hydrogen (secondary N) is 1. The molecule has 1 atom stereocenters. The lowest BCUT2D eigenvalue weighted by molar-refractivity contribution is 0.100. The van der Waals surface area contributed by atoms with Gasteiger partial charge in [-0.15, -0.1) is 24.8 Å². The van der Waals surface area contributed by atoms with E-state index in [1.807, 2.05) is 0 Å². The zero-order chi connectivity index (χ0) is 14.7. The number of hydrogen-bond acceptors (Lipinski definition) is 3. The van der Waals surface area contributed by atoms with Gasteiger partial charge in [0.2, 0.25) is 0 Å². The standard InChI is InChI=1S/C17H25FN2O.2ClH/c18-16-12-14(21)6-7-15(16)17(13-4-2-1-3-5-13)20-10-8-19-9-11-20;;/h6-7,12-13,17,19,21H,1-5,8-11H2;2*1H/t17-;;/m1../s1. The molecule has 1 heterocycles. The molecule has 2 aliphatic rings. The van der Waals surface area contributed by atoms with Crippen LogP contribution in [0.2, 0.25) is 0 Å². The largest absolute Gasteiger partial charge is 0.508 e.